The number of hydrogen-bond acceptors (Lipinski definition) is 14. The van der Waals surface area contributed by atoms with Crippen molar-refractivity contribution < 1.29 is 68.3 Å². The molecule has 1 atom stereocenters. The number of fused-ring (bicyclic) bond motifs is 2. The lowest BCUT2D eigenvalue weighted by Gasteiger charge is -2.31. The Morgan fingerprint density at radius 1 is 0.883 bits per heavy atom. The van der Waals surface area contributed by atoms with Crippen LogP contribution in [0.4, 0.5) is 13.2 Å². The number of furan rings is 1. The first-order chi connectivity index (χ1) is 36.6. The normalized spacial score (nSPS) is 15.6. The van der Waals surface area contributed by atoms with Crippen molar-refractivity contribution in [2.75, 3.05) is 14.2 Å². The molecule has 2 aliphatic rings. The van der Waals surface area contributed by atoms with Gasteiger partial charge in [-0.05, 0) is 148 Å². The number of carbonyl (C=O) groups excluding carboxylic acids is 3. The third kappa shape index (κ3) is 14.1. The van der Waals surface area contributed by atoms with E-state index >= 15 is 0 Å². The highest BCUT2D eigenvalue weighted by Crippen LogP contribution is 2.44. The van der Waals surface area contributed by atoms with Crippen molar-refractivity contribution in [3.05, 3.63) is 152 Å². The first-order valence-corrected chi connectivity index (χ1v) is 26.6. The van der Waals surface area contributed by atoms with Crippen LogP contribution < -0.4 is 9.47 Å². The van der Waals surface area contributed by atoms with Gasteiger partial charge in [0.05, 0.1) is 42.4 Å². The molecule has 2 aromatic heterocycles. The van der Waals surface area contributed by atoms with Crippen LogP contribution in [0.25, 0.3) is 33.5 Å². The summed E-state index contributed by atoms with van der Waals surface area (Å²) < 4.78 is 91.9. The van der Waals surface area contributed by atoms with Gasteiger partial charge in [0.25, 0.3) is 0 Å². The molecule has 0 aliphatic heterocycles. The summed E-state index contributed by atoms with van der Waals surface area (Å²) in [6, 6.07) is 29.4. The van der Waals surface area contributed by atoms with E-state index in [0.717, 1.165) is 36.8 Å². The largest absolute Gasteiger partial charge is 0.534 e. The molecule has 0 spiro atoms. The predicted molar refractivity (Wildman–Crippen MR) is 283 cm³/mol. The van der Waals surface area contributed by atoms with E-state index in [1.54, 1.807) is 67.6 Å². The SMILES string of the molecule is CC(=O)CCc1cc(Cl)cc2nc(-c3ccccc3Cl)oc12.COC(=O)CCc1c(C(=O)c2ccc(Cl)cc2)oc2cc(O)ccc12.COc1ccc(C2(C#N)CC=C(OS(=O)(=O)C(F)(F)F)CC2)cc1OC1CCCC1. The lowest BCUT2D eigenvalue weighted by molar-refractivity contribution is -0.140. The van der Waals surface area contributed by atoms with Gasteiger partial charge in [0.1, 0.15) is 28.4 Å². The van der Waals surface area contributed by atoms with Crippen molar-refractivity contribution in [2.24, 2.45) is 0 Å². The zero-order chi connectivity index (χ0) is 55.7. The van der Waals surface area contributed by atoms with Crippen LogP contribution >= 0.6 is 34.8 Å². The van der Waals surface area contributed by atoms with Gasteiger partial charge in [-0.3, -0.25) is 9.59 Å². The molecule has 1 unspecified atom stereocenters. The van der Waals surface area contributed by atoms with Crippen LogP contribution in [0, 0.1) is 11.3 Å². The topological polar surface area (TPSA) is 205 Å². The van der Waals surface area contributed by atoms with Gasteiger partial charge >= 0.3 is 21.6 Å². The number of nitrogens with zero attached hydrogens (tertiary/aromatic N) is 2. The Kier molecular flexibility index (Phi) is 18.7. The fraction of sp³-hybridized carbons (Fsp3) is 0.304. The van der Waals surface area contributed by atoms with Crippen LogP contribution in [-0.4, -0.2) is 61.9 Å². The molecule has 21 heteroatoms. The van der Waals surface area contributed by atoms with Crippen molar-refractivity contribution in [3.63, 3.8) is 0 Å². The average molecular weight is 1140 g/mol. The molecule has 1 N–H and O–H groups in total. The zero-order valence-corrected chi connectivity index (χ0v) is 44.8. The molecule has 2 heterocycles. The monoisotopic (exact) mass is 1140 g/mol. The van der Waals surface area contributed by atoms with Crippen LogP contribution in [0.5, 0.6) is 17.2 Å². The van der Waals surface area contributed by atoms with E-state index < -0.39 is 21.0 Å². The second-order valence-electron chi connectivity index (χ2n) is 18.1. The smallest absolute Gasteiger partial charge is 0.508 e. The summed E-state index contributed by atoms with van der Waals surface area (Å²) in [4.78, 5) is 40.0. The summed E-state index contributed by atoms with van der Waals surface area (Å²) in [6.45, 7) is 1.57. The van der Waals surface area contributed by atoms with Crippen molar-refractivity contribution in [1.82, 2.24) is 4.98 Å². The molecular weight excluding hydrogens is 1090 g/mol. The molecule has 1 fully saturated rings. The average Bonchev–Trinajstić information content (AvgIpc) is 4.18. The number of esters is 1. The maximum atomic E-state index is 12.8. The Morgan fingerprint density at radius 3 is 2.25 bits per heavy atom. The van der Waals surface area contributed by atoms with E-state index in [2.05, 4.69) is 20.0 Å². The Hall–Kier alpha value is -7.04. The lowest BCUT2D eigenvalue weighted by atomic mass is 9.72. The molecule has 0 radical (unpaired) electrons. The Balaban J connectivity index is 0.000000170. The molecule has 5 aromatic carbocycles. The number of nitriles is 1. The number of phenols is 1. The molecular formula is C56H50Cl3F3N2O12S. The summed E-state index contributed by atoms with van der Waals surface area (Å²) in [7, 11) is -2.89. The maximum Gasteiger partial charge on any atom is 0.534 e. The van der Waals surface area contributed by atoms with E-state index in [0.29, 0.717) is 90.5 Å². The third-order valence-electron chi connectivity index (χ3n) is 12.8. The van der Waals surface area contributed by atoms with Crippen LogP contribution in [0.2, 0.25) is 15.1 Å². The molecule has 14 nitrogen and oxygen atoms in total. The van der Waals surface area contributed by atoms with Gasteiger partial charge in [-0.1, -0.05) is 53.0 Å². The molecule has 7 aromatic rings. The number of benzene rings is 5. The molecule has 9 rings (SSSR count). The number of ketones is 2. The molecule has 404 valence electrons. The Bertz CT molecular complexity index is 3490. The number of ether oxygens (including phenoxy) is 3. The number of allylic oxidation sites excluding steroid dienone is 2. The van der Waals surface area contributed by atoms with Gasteiger partial charge in [0.2, 0.25) is 11.7 Å². The zero-order valence-electron chi connectivity index (χ0n) is 41.7. The minimum atomic E-state index is -5.72. The number of aryl methyl sites for hydroxylation is 2. The molecule has 2 aliphatic carbocycles. The molecule has 0 saturated heterocycles. The second kappa shape index (κ2) is 25.0. The lowest BCUT2D eigenvalue weighted by Crippen LogP contribution is -2.29. The van der Waals surface area contributed by atoms with Crippen molar-refractivity contribution in [3.8, 4) is 34.8 Å². The van der Waals surface area contributed by atoms with Gasteiger partial charge < -0.3 is 37.1 Å². The van der Waals surface area contributed by atoms with E-state index in [1.165, 1.54) is 32.4 Å². The number of phenolic OH excluding ortho intramolecular Hbond substituents is 1. The van der Waals surface area contributed by atoms with Crippen LogP contribution in [0.1, 0.15) is 97.5 Å². The van der Waals surface area contributed by atoms with Crippen LogP contribution in [-0.2, 0) is 46.9 Å². The number of oxazole rings is 1. The maximum absolute atomic E-state index is 12.8. The van der Waals surface area contributed by atoms with E-state index in [9.17, 15) is 46.3 Å². The Labute approximate surface area is 456 Å². The molecule has 77 heavy (non-hydrogen) atoms. The highest BCUT2D eigenvalue weighted by Gasteiger charge is 2.49. The van der Waals surface area contributed by atoms with Gasteiger partial charge in [0.15, 0.2) is 22.8 Å². The number of halogens is 6. The number of aromatic nitrogens is 1. The number of methoxy groups -OCH3 is 2. The standard InChI is InChI=1S/C20H22F3NO5S.C19H15ClO5.C17H13Cl2NO2/c1-27-17-7-6-14(12-18(17)28-15-4-2-3-5-15)19(13-24)10-8-16(9-11-19)29-30(25,26)20(21,22)23;1-24-17(22)9-8-15-14-7-6-13(21)10-16(14)25-19(15)18(23)11-2-4-12(20)5-3-11;1-10(21)6-7-11-8-12(18)9-15-16(11)22-17(20-15)13-4-2-3-5-14(13)19/h6-8,12,15H,2-5,9-11H2,1H3;2-7,10,21H,8-9H2,1H3;2-5,8-9H,6-7H2,1H3. The first-order valence-electron chi connectivity index (χ1n) is 24.0. The van der Waals surface area contributed by atoms with Crippen LogP contribution in [0.15, 0.2) is 118 Å². The second-order valence-corrected chi connectivity index (χ2v) is 20.9. The Morgan fingerprint density at radius 2 is 1.61 bits per heavy atom. The fourth-order valence-corrected chi connectivity index (χ4v) is 9.82. The number of aromatic hydroxyl groups is 1. The third-order valence-corrected chi connectivity index (χ3v) is 14.6. The van der Waals surface area contributed by atoms with Gasteiger partial charge in [-0.2, -0.15) is 26.9 Å². The number of Topliss-reactive ketones (excluding diaryl/α,β-unsaturated/α-hetero) is 1. The summed E-state index contributed by atoms with van der Waals surface area (Å²) in [6.07, 6.45) is 6.79. The summed E-state index contributed by atoms with van der Waals surface area (Å²) in [5.74, 6) is 0.802. The fourth-order valence-electron chi connectivity index (χ4n) is 8.72. The van der Waals surface area contributed by atoms with Gasteiger partial charge in [0, 0.05) is 51.9 Å². The summed E-state index contributed by atoms with van der Waals surface area (Å²) in [5, 5.41) is 21.8. The summed E-state index contributed by atoms with van der Waals surface area (Å²) >= 11 is 18.2. The number of carbonyl (C=O) groups is 3. The van der Waals surface area contributed by atoms with Crippen molar-refractivity contribution in [1.29, 1.82) is 5.26 Å². The molecule has 0 amide bonds. The number of rotatable bonds is 15. The number of hydrogen-bond donors (Lipinski definition) is 1. The first kappa shape index (κ1) is 57.7. The predicted octanol–water partition coefficient (Wildman–Crippen LogP) is 14.2. The highest BCUT2D eigenvalue weighted by molar-refractivity contribution is 7.87. The molecule has 0 bridgehead atoms. The quantitative estimate of drug-likeness (QED) is 0.0439. The van der Waals surface area contributed by atoms with Gasteiger partial charge in [-0.25, -0.2) is 4.98 Å². The van der Waals surface area contributed by atoms with Crippen molar-refractivity contribution in [2.45, 2.75) is 94.6 Å². The minimum absolute atomic E-state index is 0.0153. The number of alkyl halides is 3. The van der Waals surface area contributed by atoms with Crippen molar-refractivity contribution >= 4 is 84.5 Å². The van der Waals surface area contributed by atoms with Crippen LogP contribution in [0.3, 0.4) is 0 Å². The summed E-state index contributed by atoms with van der Waals surface area (Å²) in [5.41, 5.74) is -1.55. The van der Waals surface area contributed by atoms with E-state index in [-0.39, 0.29) is 66.6 Å². The minimum Gasteiger partial charge on any atom is -0.508 e. The van der Waals surface area contributed by atoms with E-state index in [4.69, 9.17) is 53.1 Å². The molecule has 1 saturated carbocycles. The highest BCUT2D eigenvalue weighted by atomic mass is 35.5. The van der Waals surface area contributed by atoms with Gasteiger partial charge in [-0.15, -0.1) is 0 Å². The van der Waals surface area contributed by atoms with E-state index in [1.807, 2.05) is 24.3 Å².